The van der Waals surface area contributed by atoms with E-state index in [0.29, 0.717) is 28.5 Å². The van der Waals surface area contributed by atoms with Crippen molar-refractivity contribution >= 4 is 40.5 Å². The molecule has 0 aromatic heterocycles. The van der Waals surface area contributed by atoms with Gasteiger partial charge in [-0.3, -0.25) is 9.59 Å². The molecule has 0 aliphatic carbocycles. The summed E-state index contributed by atoms with van der Waals surface area (Å²) in [5, 5.41) is 9.59. The molecule has 6 heteroatoms. The minimum absolute atomic E-state index is 0.139. The lowest BCUT2D eigenvalue weighted by Gasteiger charge is -2.14. The van der Waals surface area contributed by atoms with E-state index < -0.39 is 0 Å². The largest absolute Gasteiger partial charge is 0.354 e. The Morgan fingerprint density at radius 2 is 1.69 bits per heavy atom. The summed E-state index contributed by atoms with van der Waals surface area (Å²) in [6.45, 7) is 4.29. The molecule has 0 atom stereocenters. The van der Waals surface area contributed by atoms with Gasteiger partial charge in [-0.25, -0.2) is 0 Å². The van der Waals surface area contributed by atoms with Crippen LogP contribution >= 0.6 is 11.6 Å². The summed E-state index contributed by atoms with van der Waals surface area (Å²) in [7, 11) is 0. The molecule has 2 aromatic rings. The second-order valence-electron chi connectivity index (χ2n) is 7.10. The fraction of sp³-hybridized carbons (Fsp3) is 0.391. The number of hydrogen-bond acceptors (Lipinski definition) is 3. The first-order valence-corrected chi connectivity index (χ1v) is 10.6. The first kappa shape index (κ1) is 22.8. The maximum Gasteiger partial charge on any atom is 0.251 e. The first-order valence-electron chi connectivity index (χ1n) is 10.2. The van der Waals surface area contributed by atoms with Gasteiger partial charge in [0.2, 0.25) is 5.91 Å². The van der Waals surface area contributed by atoms with Gasteiger partial charge in [0.15, 0.2) is 0 Å². The minimum Gasteiger partial charge on any atom is -0.354 e. The lowest BCUT2D eigenvalue weighted by molar-refractivity contribution is -0.114. The zero-order valence-electron chi connectivity index (χ0n) is 17.2. The Balaban J connectivity index is 2.00. The van der Waals surface area contributed by atoms with E-state index in [1.54, 1.807) is 30.3 Å². The second-order valence-corrected chi connectivity index (χ2v) is 7.54. The predicted octanol–water partition coefficient (Wildman–Crippen LogP) is 6.13. The Morgan fingerprint density at radius 3 is 2.41 bits per heavy atom. The van der Waals surface area contributed by atoms with Crippen LogP contribution in [0.15, 0.2) is 42.5 Å². The SMILES string of the molecule is CCCCCCCCNC(=O)c1ccc(Nc2cccc(Cl)c2)c(NC(C)=O)c1. The van der Waals surface area contributed by atoms with Crippen LogP contribution in [-0.4, -0.2) is 18.4 Å². The zero-order valence-corrected chi connectivity index (χ0v) is 17.9. The number of benzene rings is 2. The number of unbranched alkanes of at least 4 members (excludes halogenated alkanes) is 5. The number of carbonyl (C=O) groups excluding carboxylic acids is 2. The van der Waals surface area contributed by atoms with Crippen molar-refractivity contribution in [2.75, 3.05) is 17.2 Å². The Morgan fingerprint density at radius 1 is 0.931 bits per heavy atom. The molecule has 0 unspecified atom stereocenters. The van der Waals surface area contributed by atoms with Crippen LogP contribution < -0.4 is 16.0 Å². The molecular weight excluding hydrogens is 386 g/mol. The van der Waals surface area contributed by atoms with Crippen LogP contribution in [0.5, 0.6) is 0 Å². The molecule has 156 valence electrons. The van der Waals surface area contributed by atoms with Crippen LogP contribution in [0.1, 0.15) is 62.7 Å². The van der Waals surface area contributed by atoms with E-state index in [0.717, 1.165) is 18.5 Å². The van der Waals surface area contributed by atoms with Crippen molar-refractivity contribution in [2.24, 2.45) is 0 Å². The van der Waals surface area contributed by atoms with Gasteiger partial charge in [0.05, 0.1) is 11.4 Å². The van der Waals surface area contributed by atoms with E-state index in [-0.39, 0.29) is 11.8 Å². The molecular formula is C23H30ClN3O2. The highest BCUT2D eigenvalue weighted by Crippen LogP contribution is 2.28. The highest BCUT2D eigenvalue weighted by Gasteiger charge is 2.11. The van der Waals surface area contributed by atoms with Crippen molar-refractivity contribution in [3.05, 3.63) is 53.1 Å². The maximum atomic E-state index is 12.5. The molecule has 29 heavy (non-hydrogen) atoms. The Labute approximate surface area is 178 Å². The third kappa shape index (κ3) is 8.16. The second kappa shape index (κ2) is 12.1. The summed E-state index contributed by atoms with van der Waals surface area (Å²) >= 11 is 6.04. The molecule has 2 amide bonds. The number of hydrogen-bond donors (Lipinski definition) is 3. The van der Waals surface area contributed by atoms with Crippen molar-refractivity contribution in [3.8, 4) is 0 Å². The summed E-state index contributed by atoms with van der Waals surface area (Å²) in [6.07, 6.45) is 7.07. The highest BCUT2D eigenvalue weighted by atomic mass is 35.5. The van der Waals surface area contributed by atoms with E-state index in [1.165, 1.54) is 32.6 Å². The maximum absolute atomic E-state index is 12.5. The van der Waals surface area contributed by atoms with Crippen LogP contribution in [0.4, 0.5) is 17.1 Å². The molecule has 2 aromatic carbocycles. The summed E-state index contributed by atoms with van der Waals surface area (Å²) in [4.78, 5) is 24.1. The van der Waals surface area contributed by atoms with Crippen LogP contribution in [0.3, 0.4) is 0 Å². The lowest BCUT2D eigenvalue weighted by Crippen LogP contribution is -2.24. The fourth-order valence-electron chi connectivity index (χ4n) is 3.02. The van der Waals surface area contributed by atoms with Crippen molar-refractivity contribution < 1.29 is 9.59 Å². The molecule has 0 aliphatic heterocycles. The van der Waals surface area contributed by atoms with Crippen molar-refractivity contribution in [2.45, 2.75) is 52.4 Å². The van der Waals surface area contributed by atoms with Crippen molar-refractivity contribution in [3.63, 3.8) is 0 Å². The summed E-state index contributed by atoms with van der Waals surface area (Å²) in [5.41, 5.74) is 2.54. The Kier molecular flexibility index (Phi) is 9.51. The Bertz CT molecular complexity index is 824. The summed E-state index contributed by atoms with van der Waals surface area (Å²) < 4.78 is 0. The number of nitrogens with one attached hydrogen (secondary N) is 3. The monoisotopic (exact) mass is 415 g/mol. The molecule has 0 heterocycles. The number of halogens is 1. The van der Waals surface area contributed by atoms with Crippen LogP contribution in [0, 0.1) is 0 Å². The molecule has 0 radical (unpaired) electrons. The number of amides is 2. The van der Waals surface area contributed by atoms with Crippen LogP contribution in [0.25, 0.3) is 0 Å². The van der Waals surface area contributed by atoms with Gasteiger partial charge in [0, 0.05) is 29.7 Å². The van der Waals surface area contributed by atoms with Crippen LogP contribution in [-0.2, 0) is 4.79 Å². The molecule has 0 spiro atoms. The molecule has 0 aliphatic rings. The molecule has 5 nitrogen and oxygen atoms in total. The van der Waals surface area contributed by atoms with Crippen LogP contribution in [0.2, 0.25) is 5.02 Å². The molecule has 2 rings (SSSR count). The van der Waals surface area contributed by atoms with E-state index in [4.69, 9.17) is 11.6 Å². The lowest BCUT2D eigenvalue weighted by atomic mass is 10.1. The van der Waals surface area contributed by atoms with E-state index in [2.05, 4.69) is 22.9 Å². The average molecular weight is 416 g/mol. The summed E-state index contributed by atoms with van der Waals surface area (Å²) in [6, 6.07) is 12.5. The van der Waals surface area contributed by atoms with Gasteiger partial charge in [0.1, 0.15) is 0 Å². The van der Waals surface area contributed by atoms with E-state index >= 15 is 0 Å². The van der Waals surface area contributed by atoms with E-state index in [9.17, 15) is 9.59 Å². The van der Waals surface area contributed by atoms with Crippen molar-refractivity contribution in [1.29, 1.82) is 0 Å². The quantitative estimate of drug-likeness (QED) is 0.386. The molecule has 0 bridgehead atoms. The third-order valence-corrected chi connectivity index (χ3v) is 4.75. The molecule has 3 N–H and O–H groups in total. The third-order valence-electron chi connectivity index (χ3n) is 4.51. The standard InChI is InChI=1S/C23H30ClN3O2/c1-3-4-5-6-7-8-14-25-23(29)18-12-13-21(22(15-18)26-17(2)28)27-20-11-9-10-19(24)16-20/h9-13,15-16,27H,3-8,14H2,1-2H3,(H,25,29)(H,26,28). The Hall–Kier alpha value is -2.53. The average Bonchev–Trinajstić information content (AvgIpc) is 2.68. The highest BCUT2D eigenvalue weighted by molar-refractivity contribution is 6.30. The fourth-order valence-corrected chi connectivity index (χ4v) is 3.21. The number of rotatable bonds is 11. The number of anilines is 3. The topological polar surface area (TPSA) is 70.2 Å². The van der Waals surface area contributed by atoms with Gasteiger partial charge in [-0.15, -0.1) is 0 Å². The minimum atomic E-state index is -0.205. The van der Waals surface area contributed by atoms with Gasteiger partial charge in [0.25, 0.3) is 5.91 Å². The molecule has 0 saturated heterocycles. The van der Waals surface area contributed by atoms with Gasteiger partial charge in [-0.2, -0.15) is 0 Å². The predicted molar refractivity (Wildman–Crippen MR) is 121 cm³/mol. The normalized spacial score (nSPS) is 10.4. The summed E-state index contributed by atoms with van der Waals surface area (Å²) in [5.74, 6) is -0.344. The number of carbonyl (C=O) groups is 2. The van der Waals surface area contributed by atoms with E-state index in [1.807, 2.05) is 12.1 Å². The molecule has 0 saturated carbocycles. The van der Waals surface area contributed by atoms with Crippen molar-refractivity contribution in [1.82, 2.24) is 5.32 Å². The zero-order chi connectivity index (χ0) is 21.1. The smallest absolute Gasteiger partial charge is 0.251 e. The van der Waals surface area contributed by atoms with Gasteiger partial charge >= 0.3 is 0 Å². The van der Waals surface area contributed by atoms with Gasteiger partial charge in [-0.1, -0.05) is 56.7 Å². The van der Waals surface area contributed by atoms with Gasteiger partial charge in [-0.05, 0) is 42.8 Å². The first-order chi connectivity index (χ1) is 14.0. The van der Waals surface area contributed by atoms with Gasteiger partial charge < -0.3 is 16.0 Å². The molecule has 0 fully saturated rings.